The van der Waals surface area contributed by atoms with E-state index in [-0.39, 0.29) is 12.4 Å². The number of rotatable bonds is 6. The summed E-state index contributed by atoms with van der Waals surface area (Å²) < 4.78 is 29.0. The second-order valence-electron chi connectivity index (χ2n) is 3.97. The van der Waals surface area contributed by atoms with Crippen LogP contribution < -0.4 is 5.73 Å². The van der Waals surface area contributed by atoms with Gasteiger partial charge in [-0.25, -0.2) is 8.42 Å². The summed E-state index contributed by atoms with van der Waals surface area (Å²) in [5, 5.41) is 0. The fourth-order valence-corrected chi connectivity index (χ4v) is 2.58. The number of ether oxygens (including phenoxy) is 1. The Balaban J connectivity index is 2.72. The van der Waals surface area contributed by atoms with Gasteiger partial charge in [0.2, 0.25) is 0 Å². The molecule has 0 aliphatic carbocycles. The first-order valence-electron chi connectivity index (χ1n) is 5.55. The van der Waals surface area contributed by atoms with E-state index in [1.807, 2.05) is 19.9 Å². The third-order valence-corrected chi connectivity index (χ3v) is 4.27. The second-order valence-corrected chi connectivity index (χ2v) is 6.08. The Hall–Kier alpha value is -0.910. The molecule has 0 spiro atoms. The highest BCUT2D eigenvalue weighted by atomic mass is 32.2. The largest absolute Gasteiger partial charge is 0.379 e. The minimum Gasteiger partial charge on any atom is -0.379 e. The van der Waals surface area contributed by atoms with Crippen LogP contribution >= 0.6 is 0 Å². The summed E-state index contributed by atoms with van der Waals surface area (Å²) in [6.07, 6.45) is 0. The minimum absolute atomic E-state index is 0.00446. The predicted molar refractivity (Wildman–Crippen MR) is 67.8 cm³/mol. The van der Waals surface area contributed by atoms with Gasteiger partial charge in [-0.15, -0.1) is 0 Å². The van der Waals surface area contributed by atoms with Gasteiger partial charge in [-0.1, -0.05) is 6.07 Å². The normalized spacial score (nSPS) is 11.7. The number of hydrogen-bond acceptors (Lipinski definition) is 4. The molecule has 4 nitrogen and oxygen atoms in total. The van der Waals surface area contributed by atoms with Crippen molar-refractivity contribution in [3.63, 3.8) is 0 Å². The van der Waals surface area contributed by atoms with Gasteiger partial charge in [-0.05, 0) is 37.1 Å². The van der Waals surface area contributed by atoms with E-state index < -0.39 is 9.84 Å². The van der Waals surface area contributed by atoms with E-state index in [2.05, 4.69) is 0 Å². The van der Waals surface area contributed by atoms with Gasteiger partial charge in [0.05, 0.1) is 23.9 Å². The van der Waals surface area contributed by atoms with Gasteiger partial charge in [0, 0.05) is 6.54 Å². The van der Waals surface area contributed by atoms with Gasteiger partial charge in [0.1, 0.15) is 0 Å². The molecule has 0 fully saturated rings. The molecule has 0 radical (unpaired) electrons. The van der Waals surface area contributed by atoms with Crippen molar-refractivity contribution in [3.05, 3.63) is 29.3 Å². The highest BCUT2D eigenvalue weighted by molar-refractivity contribution is 7.91. The second kappa shape index (κ2) is 6.14. The molecule has 96 valence electrons. The molecule has 1 aromatic carbocycles. The van der Waals surface area contributed by atoms with E-state index in [1.54, 1.807) is 12.1 Å². The molecule has 17 heavy (non-hydrogen) atoms. The fourth-order valence-electron chi connectivity index (χ4n) is 1.38. The maximum Gasteiger partial charge on any atom is 0.180 e. The van der Waals surface area contributed by atoms with Crippen molar-refractivity contribution in [1.82, 2.24) is 0 Å². The van der Waals surface area contributed by atoms with Crippen molar-refractivity contribution in [1.29, 1.82) is 0 Å². The summed E-state index contributed by atoms with van der Waals surface area (Å²) >= 11 is 0. The maximum atomic E-state index is 11.9. The molecule has 0 aliphatic heterocycles. The summed E-state index contributed by atoms with van der Waals surface area (Å²) in [5.74, 6) is -0.00446. The van der Waals surface area contributed by atoms with Crippen LogP contribution in [0.15, 0.2) is 23.1 Å². The Bertz CT molecular complexity index is 469. The fraction of sp³-hybridized carbons (Fsp3) is 0.500. The van der Waals surface area contributed by atoms with E-state index in [0.717, 1.165) is 11.1 Å². The summed E-state index contributed by atoms with van der Waals surface area (Å²) in [5.41, 5.74) is 7.32. The summed E-state index contributed by atoms with van der Waals surface area (Å²) in [6.45, 7) is 4.84. The first kappa shape index (κ1) is 14.2. The smallest absolute Gasteiger partial charge is 0.180 e. The Labute approximate surface area is 103 Å². The first-order valence-corrected chi connectivity index (χ1v) is 7.20. The molecule has 1 rings (SSSR count). The van der Waals surface area contributed by atoms with Crippen LogP contribution in [-0.4, -0.2) is 33.9 Å². The van der Waals surface area contributed by atoms with E-state index >= 15 is 0 Å². The molecule has 5 heteroatoms. The standard InChI is InChI=1S/C12H19NO3S/c1-10-3-4-12(9-11(10)2)17(14,15)8-7-16-6-5-13/h3-4,9H,5-8,13H2,1-2H3. The monoisotopic (exact) mass is 257 g/mol. The molecule has 0 aromatic heterocycles. The van der Waals surface area contributed by atoms with Crippen LogP contribution in [-0.2, 0) is 14.6 Å². The van der Waals surface area contributed by atoms with Crippen LogP contribution in [0.2, 0.25) is 0 Å². The lowest BCUT2D eigenvalue weighted by atomic mass is 10.1. The lowest BCUT2D eigenvalue weighted by Crippen LogP contribution is -2.16. The lowest BCUT2D eigenvalue weighted by molar-refractivity contribution is 0.157. The molecular formula is C12H19NO3S. The molecule has 0 atom stereocenters. The summed E-state index contributed by atoms with van der Waals surface area (Å²) in [4.78, 5) is 0.358. The zero-order valence-corrected chi connectivity index (χ0v) is 11.1. The van der Waals surface area contributed by atoms with Gasteiger partial charge in [-0.3, -0.25) is 0 Å². The van der Waals surface area contributed by atoms with Crippen molar-refractivity contribution >= 4 is 9.84 Å². The van der Waals surface area contributed by atoms with Crippen LogP contribution in [0.4, 0.5) is 0 Å². The molecule has 0 unspecified atom stereocenters. The molecule has 0 saturated carbocycles. The topological polar surface area (TPSA) is 69.4 Å². The van der Waals surface area contributed by atoms with Gasteiger partial charge in [0.25, 0.3) is 0 Å². The van der Waals surface area contributed by atoms with Crippen molar-refractivity contribution in [2.24, 2.45) is 5.73 Å². The third kappa shape index (κ3) is 4.11. The van der Waals surface area contributed by atoms with E-state index in [4.69, 9.17) is 10.5 Å². The van der Waals surface area contributed by atoms with Crippen LogP contribution in [0.3, 0.4) is 0 Å². The van der Waals surface area contributed by atoms with E-state index in [1.165, 1.54) is 0 Å². The van der Waals surface area contributed by atoms with Gasteiger partial charge in [0.15, 0.2) is 9.84 Å². The highest BCUT2D eigenvalue weighted by Gasteiger charge is 2.14. The van der Waals surface area contributed by atoms with Crippen LogP contribution in [0.25, 0.3) is 0 Å². The quantitative estimate of drug-likeness (QED) is 0.773. The molecule has 0 amide bonds. The predicted octanol–water partition coefficient (Wildman–Crippen LogP) is 1.05. The van der Waals surface area contributed by atoms with Crippen LogP contribution in [0, 0.1) is 13.8 Å². The van der Waals surface area contributed by atoms with Crippen LogP contribution in [0.1, 0.15) is 11.1 Å². The Morgan fingerprint density at radius 1 is 1.18 bits per heavy atom. The Morgan fingerprint density at radius 2 is 1.88 bits per heavy atom. The Kier molecular flexibility index (Phi) is 5.11. The average Bonchev–Trinajstić information content (AvgIpc) is 2.28. The lowest BCUT2D eigenvalue weighted by Gasteiger charge is -2.07. The zero-order valence-electron chi connectivity index (χ0n) is 10.3. The molecular weight excluding hydrogens is 238 g/mol. The van der Waals surface area contributed by atoms with Gasteiger partial charge in [-0.2, -0.15) is 0 Å². The number of hydrogen-bond donors (Lipinski definition) is 1. The molecule has 0 aliphatic rings. The average molecular weight is 257 g/mol. The first-order chi connectivity index (χ1) is 7.97. The minimum atomic E-state index is -3.25. The van der Waals surface area contributed by atoms with E-state index in [0.29, 0.717) is 18.0 Å². The van der Waals surface area contributed by atoms with E-state index in [9.17, 15) is 8.42 Å². The molecule has 2 N–H and O–H groups in total. The van der Waals surface area contributed by atoms with Crippen molar-refractivity contribution in [2.75, 3.05) is 25.5 Å². The summed E-state index contributed by atoms with van der Waals surface area (Å²) in [6, 6.07) is 5.16. The van der Waals surface area contributed by atoms with Crippen LogP contribution in [0.5, 0.6) is 0 Å². The molecule has 0 saturated heterocycles. The number of aryl methyl sites for hydroxylation is 2. The maximum absolute atomic E-state index is 11.9. The SMILES string of the molecule is Cc1ccc(S(=O)(=O)CCOCCN)cc1C. The zero-order chi connectivity index (χ0) is 12.9. The van der Waals surface area contributed by atoms with Crippen molar-refractivity contribution < 1.29 is 13.2 Å². The van der Waals surface area contributed by atoms with Gasteiger partial charge >= 0.3 is 0 Å². The molecule has 1 aromatic rings. The molecule has 0 bridgehead atoms. The Morgan fingerprint density at radius 3 is 2.47 bits per heavy atom. The van der Waals surface area contributed by atoms with Crippen molar-refractivity contribution in [2.45, 2.75) is 18.7 Å². The van der Waals surface area contributed by atoms with Gasteiger partial charge < -0.3 is 10.5 Å². The molecule has 0 heterocycles. The number of nitrogens with two attached hydrogens (primary N) is 1. The highest BCUT2D eigenvalue weighted by Crippen LogP contribution is 2.15. The van der Waals surface area contributed by atoms with Crippen molar-refractivity contribution in [3.8, 4) is 0 Å². The third-order valence-electron chi connectivity index (χ3n) is 2.60. The number of sulfone groups is 1. The number of benzene rings is 1. The summed E-state index contributed by atoms with van der Waals surface area (Å²) in [7, 11) is -3.25.